The molecule has 0 bridgehead atoms. The summed E-state index contributed by atoms with van der Waals surface area (Å²) >= 11 is 5.88. The first-order valence-electron chi connectivity index (χ1n) is 4.59. The zero-order valence-electron chi connectivity index (χ0n) is 8.48. The number of sulfone groups is 1. The Bertz CT molecular complexity index is 434. The van der Waals surface area contributed by atoms with E-state index in [0.29, 0.717) is 5.56 Å². The smallest absolute Gasteiger partial charge is 0.171 e. The summed E-state index contributed by atoms with van der Waals surface area (Å²) in [5.41, 5.74) is 1.54. The molecule has 0 aliphatic carbocycles. The fourth-order valence-corrected chi connectivity index (χ4v) is 2.52. The second kappa shape index (κ2) is 4.81. The molecule has 82 valence electrons. The summed E-state index contributed by atoms with van der Waals surface area (Å²) in [5.74, 6) is 0.0460. The lowest BCUT2D eigenvalue weighted by Crippen LogP contribution is -2.10. The van der Waals surface area contributed by atoms with Crippen molar-refractivity contribution in [1.29, 1.82) is 0 Å². The standard InChI is InChI=1S/C11H13ClO2S/c1-3-9-5-7-10(8-6-9)11(12)15(13,14)4-2/h3,5-8,11H,1,4H2,2H3. The van der Waals surface area contributed by atoms with Gasteiger partial charge in [-0.15, -0.1) is 11.6 Å². The molecule has 0 aromatic heterocycles. The number of halogens is 1. The minimum atomic E-state index is -3.23. The SMILES string of the molecule is C=Cc1ccc(C(Cl)S(=O)(=O)CC)cc1. The number of hydrogen-bond acceptors (Lipinski definition) is 2. The normalized spacial score (nSPS) is 13.5. The van der Waals surface area contributed by atoms with Crippen LogP contribution in [0.1, 0.15) is 22.8 Å². The van der Waals surface area contributed by atoms with Gasteiger partial charge in [-0.25, -0.2) is 8.42 Å². The Hall–Kier alpha value is -0.800. The zero-order chi connectivity index (χ0) is 11.5. The van der Waals surface area contributed by atoms with E-state index >= 15 is 0 Å². The molecule has 1 aromatic carbocycles. The van der Waals surface area contributed by atoms with Gasteiger partial charge in [-0.3, -0.25) is 0 Å². The molecule has 15 heavy (non-hydrogen) atoms. The van der Waals surface area contributed by atoms with Crippen molar-refractivity contribution >= 4 is 27.5 Å². The van der Waals surface area contributed by atoms with Crippen molar-refractivity contribution in [3.05, 3.63) is 42.0 Å². The van der Waals surface area contributed by atoms with Crippen molar-refractivity contribution < 1.29 is 8.42 Å². The molecule has 2 nitrogen and oxygen atoms in total. The average molecular weight is 245 g/mol. The summed E-state index contributed by atoms with van der Waals surface area (Å²) in [6.45, 7) is 5.21. The Morgan fingerprint density at radius 2 is 1.93 bits per heavy atom. The maximum Gasteiger partial charge on any atom is 0.171 e. The molecule has 0 heterocycles. The fourth-order valence-electron chi connectivity index (χ4n) is 1.14. The topological polar surface area (TPSA) is 34.1 Å². The molecule has 0 saturated heterocycles. The first kappa shape index (κ1) is 12.3. The van der Waals surface area contributed by atoms with Gasteiger partial charge in [-0.1, -0.05) is 43.8 Å². The van der Waals surface area contributed by atoms with Gasteiger partial charge in [-0.2, -0.15) is 0 Å². The summed E-state index contributed by atoms with van der Waals surface area (Å²) < 4.78 is 22.0. The Labute approximate surface area is 95.5 Å². The van der Waals surface area contributed by atoms with Crippen LogP contribution in [0.3, 0.4) is 0 Å². The van der Waals surface area contributed by atoms with Gasteiger partial charge in [0, 0.05) is 5.75 Å². The minimum Gasteiger partial charge on any atom is -0.227 e. The number of rotatable bonds is 4. The summed E-state index contributed by atoms with van der Waals surface area (Å²) in [7, 11) is -3.23. The highest BCUT2D eigenvalue weighted by Gasteiger charge is 2.22. The molecular weight excluding hydrogens is 232 g/mol. The van der Waals surface area contributed by atoms with E-state index in [1.54, 1.807) is 37.3 Å². The molecular formula is C11H13ClO2S. The van der Waals surface area contributed by atoms with E-state index in [2.05, 4.69) is 6.58 Å². The third-order valence-electron chi connectivity index (χ3n) is 2.15. The van der Waals surface area contributed by atoms with E-state index in [0.717, 1.165) is 5.56 Å². The van der Waals surface area contributed by atoms with E-state index in [1.807, 2.05) is 0 Å². The molecule has 1 aromatic rings. The summed E-state index contributed by atoms with van der Waals surface area (Å²) in [6.07, 6.45) is 1.70. The Balaban J connectivity index is 3.02. The highest BCUT2D eigenvalue weighted by Crippen LogP contribution is 2.27. The number of benzene rings is 1. The van der Waals surface area contributed by atoms with E-state index in [9.17, 15) is 8.42 Å². The lowest BCUT2D eigenvalue weighted by molar-refractivity contribution is 0.595. The van der Waals surface area contributed by atoms with Crippen LogP contribution in [0.25, 0.3) is 6.08 Å². The van der Waals surface area contributed by atoms with Crippen molar-refractivity contribution in [2.24, 2.45) is 0 Å². The lowest BCUT2D eigenvalue weighted by atomic mass is 10.1. The molecule has 1 atom stereocenters. The average Bonchev–Trinajstić information content (AvgIpc) is 2.28. The van der Waals surface area contributed by atoms with Gasteiger partial charge in [0.25, 0.3) is 0 Å². The molecule has 0 aliphatic heterocycles. The van der Waals surface area contributed by atoms with E-state index in [1.165, 1.54) is 0 Å². The van der Waals surface area contributed by atoms with Crippen molar-refractivity contribution in [2.45, 2.75) is 11.6 Å². The highest BCUT2D eigenvalue weighted by molar-refractivity contribution is 7.92. The van der Waals surface area contributed by atoms with Crippen molar-refractivity contribution in [2.75, 3.05) is 5.75 Å². The highest BCUT2D eigenvalue weighted by atomic mass is 35.5. The van der Waals surface area contributed by atoms with Gasteiger partial charge in [0.15, 0.2) is 14.5 Å². The van der Waals surface area contributed by atoms with Crippen LogP contribution in [0.5, 0.6) is 0 Å². The van der Waals surface area contributed by atoms with Crippen LogP contribution in [-0.4, -0.2) is 14.2 Å². The van der Waals surface area contributed by atoms with Gasteiger partial charge in [0.05, 0.1) is 0 Å². The van der Waals surface area contributed by atoms with Crippen LogP contribution in [0.2, 0.25) is 0 Å². The molecule has 0 saturated carbocycles. The molecule has 0 fully saturated rings. The molecule has 0 aliphatic rings. The molecule has 0 radical (unpaired) electrons. The second-order valence-corrected chi connectivity index (χ2v) is 6.21. The van der Waals surface area contributed by atoms with Gasteiger partial charge < -0.3 is 0 Å². The number of alkyl halides is 1. The van der Waals surface area contributed by atoms with Gasteiger partial charge in [-0.05, 0) is 11.1 Å². The van der Waals surface area contributed by atoms with Crippen molar-refractivity contribution in [3.63, 3.8) is 0 Å². The zero-order valence-corrected chi connectivity index (χ0v) is 10.1. The van der Waals surface area contributed by atoms with Crippen LogP contribution >= 0.6 is 11.6 Å². The maximum atomic E-state index is 11.5. The minimum absolute atomic E-state index is 0.0460. The van der Waals surface area contributed by atoms with Crippen LogP contribution in [0.4, 0.5) is 0 Å². The monoisotopic (exact) mass is 244 g/mol. The van der Waals surface area contributed by atoms with Crippen LogP contribution < -0.4 is 0 Å². The van der Waals surface area contributed by atoms with E-state index in [-0.39, 0.29) is 5.75 Å². The molecule has 0 spiro atoms. The third-order valence-corrected chi connectivity index (χ3v) is 4.93. The van der Waals surface area contributed by atoms with Gasteiger partial charge in [0.2, 0.25) is 0 Å². The summed E-state index contributed by atoms with van der Waals surface area (Å²) in [5, 5.41) is 0. The van der Waals surface area contributed by atoms with Crippen molar-refractivity contribution in [3.8, 4) is 0 Å². The maximum absolute atomic E-state index is 11.5. The molecule has 0 amide bonds. The van der Waals surface area contributed by atoms with E-state index < -0.39 is 14.5 Å². The van der Waals surface area contributed by atoms with Crippen molar-refractivity contribution in [1.82, 2.24) is 0 Å². The first-order valence-corrected chi connectivity index (χ1v) is 6.74. The molecule has 1 rings (SSSR count). The molecule has 1 unspecified atom stereocenters. The Kier molecular flexibility index (Phi) is 3.94. The molecule has 0 N–H and O–H groups in total. The quantitative estimate of drug-likeness (QED) is 0.763. The van der Waals surface area contributed by atoms with Gasteiger partial charge in [0.1, 0.15) is 0 Å². The van der Waals surface area contributed by atoms with Crippen LogP contribution in [0, 0.1) is 0 Å². The lowest BCUT2D eigenvalue weighted by Gasteiger charge is -2.09. The fraction of sp³-hybridized carbons (Fsp3) is 0.273. The predicted molar refractivity (Wildman–Crippen MR) is 64.6 cm³/mol. The molecule has 4 heteroatoms. The summed E-state index contributed by atoms with van der Waals surface area (Å²) in [4.78, 5) is 0. The number of hydrogen-bond donors (Lipinski definition) is 0. The predicted octanol–water partition coefficient (Wildman–Crippen LogP) is 3.00. The Morgan fingerprint density at radius 1 is 1.40 bits per heavy atom. The van der Waals surface area contributed by atoms with Crippen LogP contribution in [0.15, 0.2) is 30.8 Å². The van der Waals surface area contributed by atoms with Crippen LogP contribution in [-0.2, 0) is 9.84 Å². The second-order valence-electron chi connectivity index (χ2n) is 3.14. The van der Waals surface area contributed by atoms with E-state index in [4.69, 9.17) is 11.6 Å². The largest absolute Gasteiger partial charge is 0.227 e. The third kappa shape index (κ3) is 2.83. The summed E-state index contributed by atoms with van der Waals surface area (Å²) in [6, 6.07) is 7.01. The Morgan fingerprint density at radius 3 is 2.33 bits per heavy atom. The van der Waals surface area contributed by atoms with Gasteiger partial charge >= 0.3 is 0 Å². The first-order chi connectivity index (χ1) is 7.01.